The Morgan fingerprint density at radius 1 is 0.933 bits per heavy atom. The first-order valence-electron chi connectivity index (χ1n) is 9.63. The van der Waals surface area contributed by atoms with Crippen LogP contribution in [0.3, 0.4) is 0 Å². The lowest BCUT2D eigenvalue weighted by Gasteiger charge is -2.18. The number of nitrogens with zero attached hydrogens (tertiary/aromatic N) is 1. The van der Waals surface area contributed by atoms with E-state index >= 15 is 0 Å². The molecule has 0 fully saturated rings. The zero-order valence-corrected chi connectivity index (χ0v) is 17.1. The first-order chi connectivity index (χ1) is 14.6. The van der Waals surface area contributed by atoms with Crippen molar-refractivity contribution >= 4 is 23.2 Å². The highest BCUT2D eigenvalue weighted by Crippen LogP contribution is 2.22. The highest BCUT2D eigenvalue weighted by molar-refractivity contribution is 5.96. The number of carbonyl (C=O) groups excluding carboxylic acids is 2. The molecule has 3 aromatic carbocycles. The maximum absolute atomic E-state index is 12.8. The molecule has 3 aromatic rings. The van der Waals surface area contributed by atoms with Crippen molar-refractivity contribution in [1.82, 2.24) is 4.90 Å². The first kappa shape index (κ1) is 20.9. The Morgan fingerprint density at radius 3 is 2.43 bits per heavy atom. The van der Waals surface area contributed by atoms with Gasteiger partial charge in [0.25, 0.3) is 5.91 Å². The summed E-state index contributed by atoms with van der Waals surface area (Å²) >= 11 is 0. The van der Waals surface area contributed by atoms with Crippen LogP contribution in [0.5, 0.6) is 5.75 Å². The summed E-state index contributed by atoms with van der Waals surface area (Å²) in [6.45, 7) is 0.591. The van der Waals surface area contributed by atoms with E-state index in [9.17, 15) is 9.59 Å². The molecule has 0 aliphatic rings. The molecule has 0 aromatic heterocycles. The number of para-hydroxylation sites is 2. The Kier molecular flexibility index (Phi) is 7.05. The van der Waals surface area contributed by atoms with Crippen LogP contribution in [-0.4, -0.2) is 37.4 Å². The molecule has 0 heterocycles. The quantitative estimate of drug-likeness (QED) is 0.596. The molecule has 0 unspecified atom stereocenters. The van der Waals surface area contributed by atoms with Crippen LogP contribution in [0.4, 0.5) is 11.4 Å². The minimum Gasteiger partial charge on any atom is -0.495 e. The number of carbonyl (C=O) groups is 2. The van der Waals surface area contributed by atoms with Crippen LogP contribution in [0.2, 0.25) is 0 Å². The number of methoxy groups -OCH3 is 1. The molecule has 30 heavy (non-hydrogen) atoms. The molecule has 2 N–H and O–H groups in total. The summed E-state index contributed by atoms with van der Waals surface area (Å²) in [6, 6.07) is 24.2. The van der Waals surface area contributed by atoms with Gasteiger partial charge in [0, 0.05) is 24.8 Å². The van der Waals surface area contributed by atoms with Gasteiger partial charge >= 0.3 is 0 Å². The summed E-state index contributed by atoms with van der Waals surface area (Å²) in [7, 11) is 3.33. The van der Waals surface area contributed by atoms with Crippen LogP contribution in [0.15, 0.2) is 78.9 Å². The van der Waals surface area contributed by atoms with Crippen molar-refractivity contribution in [1.29, 1.82) is 0 Å². The van der Waals surface area contributed by atoms with E-state index in [0.29, 0.717) is 29.2 Å². The third kappa shape index (κ3) is 5.61. The standard InChI is InChI=1S/C24H25N3O3/c1-27(17-18-9-4-3-5-10-18)24(29)19-11-8-12-20(15-19)25-16-23(28)26-21-13-6-7-14-22(21)30-2/h3-15,25H,16-17H2,1-2H3,(H,26,28). The van der Waals surface area contributed by atoms with E-state index < -0.39 is 0 Å². The van der Waals surface area contributed by atoms with Crippen LogP contribution >= 0.6 is 0 Å². The number of nitrogens with one attached hydrogen (secondary N) is 2. The largest absolute Gasteiger partial charge is 0.495 e. The van der Waals surface area contributed by atoms with E-state index in [4.69, 9.17) is 4.74 Å². The maximum atomic E-state index is 12.8. The smallest absolute Gasteiger partial charge is 0.253 e. The fourth-order valence-electron chi connectivity index (χ4n) is 3.04. The van der Waals surface area contributed by atoms with Gasteiger partial charge in [0.05, 0.1) is 19.3 Å². The van der Waals surface area contributed by atoms with Crippen LogP contribution in [-0.2, 0) is 11.3 Å². The van der Waals surface area contributed by atoms with E-state index in [0.717, 1.165) is 5.56 Å². The normalized spacial score (nSPS) is 10.2. The highest BCUT2D eigenvalue weighted by Gasteiger charge is 2.13. The summed E-state index contributed by atoms with van der Waals surface area (Å²) in [5, 5.41) is 5.88. The van der Waals surface area contributed by atoms with Crippen LogP contribution in [0.1, 0.15) is 15.9 Å². The van der Waals surface area contributed by atoms with Gasteiger partial charge in [0.1, 0.15) is 5.75 Å². The van der Waals surface area contributed by atoms with Gasteiger partial charge in [-0.15, -0.1) is 0 Å². The minimum absolute atomic E-state index is 0.0650. The number of rotatable bonds is 8. The molecular weight excluding hydrogens is 378 g/mol. The lowest BCUT2D eigenvalue weighted by Crippen LogP contribution is -2.26. The van der Waals surface area contributed by atoms with Gasteiger partial charge in [-0.1, -0.05) is 48.5 Å². The van der Waals surface area contributed by atoms with Gasteiger partial charge in [-0.3, -0.25) is 9.59 Å². The van der Waals surface area contributed by atoms with Crippen LogP contribution in [0, 0.1) is 0 Å². The molecule has 6 nitrogen and oxygen atoms in total. The molecule has 0 saturated carbocycles. The van der Waals surface area contributed by atoms with Crippen molar-refractivity contribution in [2.24, 2.45) is 0 Å². The molecule has 6 heteroatoms. The fourth-order valence-corrected chi connectivity index (χ4v) is 3.04. The first-order valence-corrected chi connectivity index (χ1v) is 9.63. The lowest BCUT2D eigenvalue weighted by molar-refractivity contribution is -0.114. The van der Waals surface area contributed by atoms with Gasteiger partial charge in [-0.05, 0) is 35.9 Å². The second kappa shape index (κ2) is 10.1. The van der Waals surface area contributed by atoms with E-state index in [1.807, 2.05) is 48.5 Å². The van der Waals surface area contributed by atoms with Crippen molar-refractivity contribution in [2.45, 2.75) is 6.54 Å². The van der Waals surface area contributed by atoms with Crippen LogP contribution in [0.25, 0.3) is 0 Å². The molecule has 0 atom stereocenters. The number of anilines is 2. The third-order valence-corrected chi connectivity index (χ3v) is 4.55. The van der Waals surface area contributed by atoms with Crippen molar-refractivity contribution in [3.63, 3.8) is 0 Å². The van der Waals surface area contributed by atoms with Gasteiger partial charge < -0.3 is 20.3 Å². The zero-order valence-electron chi connectivity index (χ0n) is 17.1. The molecule has 154 valence electrons. The maximum Gasteiger partial charge on any atom is 0.253 e. The zero-order chi connectivity index (χ0) is 21.3. The minimum atomic E-state index is -0.211. The average Bonchev–Trinajstić information content (AvgIpc) is 2.78. The number of amides is 2. The average molecular weight is 403 g/mol. The number of hydrogen-bond acceptors (Lipinski definition) is 4. The summed E-state index contributed by atoms with van der Waals surface area (Å²) in [5.41, 5.74) is 2.93. The van der Waals surface area contributed by atoms with Crippen molar-refractivity contribution in [3.05, 3.63) is 90.0 Å². The highest BCUT2D eigenvalue weighted by atomic mass is 16.5. The summed E-state index contributed by atoms with van der Waals surface area (Å²) < 4.78 is 5.24. The lowest BCUT2D eigenvalue weighted by atomic mass is 10.1. The second-order valence-corrected chi connectivity index (χ2v) is 6.83. The number of benzene rings is 3. The Balaban J connectivity index is 1.58. The van der Waals surface area contributed by atoms with Crippen LogP contribution < -0.4 is 15.4 Å². The molecule has 0 radical (unpaired) electrons. The van der Waals surface area contributed by atoms with E-state index in [1.165, 1.54) is 0 Å². The Morgan fingerprint density at radius 2 is 1.67 bits per heavy atom. The van der Waals surface area contributed by atoms with Gasteiger partial charge in [0.15, 0.2) is 0 Å². The molecule has 0 aliphatic heterocycles. The molecular formula is C24H25N3O3. The Hall–Kier alpha value is -3.80. The monoisotopic (exact) mass is 403 g/mol. The third-order valence-electron chi connectivity index (χ3n) is 4.55. The SMILES string of the molecule is COc1ccccc1NC(=O)CNc1cccc(C(=O)N(C)Cc2ccccc2)c1. The molecule has 0 aliphatic carbocycles. The van der Waals surface area contributed by atoms with Crippen molar-refractivity contribution in [2.75, 3.05) is 31.3 Å². The molecule has 0 bridgehead atoms. The molecule has 2 amide bonds. The van der Waals surface area contributed by atoms with Gasteiger partial charge in [-0.25, -0.2) is 0 Å². The van der Waals surface area contributed by atoms with Gasteiger partial charge in [0.2, 0.25) is 5.91 Å². The predicted molar refractivity (Wildman–Crippen MR) is 119 cm³/mol. The predicted octanol–water partition coefficient (Wildman–Crippen LogP) is 4.02. The number of ether oxygens (including phenoxy) is 1. The molecule has 0 saturated heterocycles. The second-order valence-electron chi connectivity index (χ2n) is 6.83. The topological polar surface area (TPSA) is 70.7 Å². The summed E-state index contributed by atoms with van der Waals surface area (Å²) in [5.74, 6) is 0.304. The van der Waals surface area contributed by atoms with E-state index in [2.05, 4.69) is 10.6 Å². The van der Waals surface area contributed by atoms with Crippen molar-refractivity contribution < 1.29 is 14.3 Å². The Labute approximate surface area is 176 Å². The summed E-state index contributed by atoms with van der Waals surface area (Å²) in [6.07, 6.45) is 0. The summed E-state index contributed by atoms with van der Waals surface area (Å²) in [4.78, 5) is 26.7. The number of hydrogen-bond donors (Lipinski definition) is 2. The van der Waals surface area contributed by atoms with Gasteiger partial charge in [-0.2, -0.15) is 0 Å². The fraction of sp³-hybridized carbons (Fsp3) is 0.167. The Bertz CT molecular complexity index is 1010. The molecule has 3 rings (SSSR count). The van der Waals surface area contributed by atoms with E-state index in [1.54, 1.807) is 49.4 Å². The molecule has 0 spiro atoms. The van der Waals surface area contributed by atoms with Crippen molar-refractivity contribution in [3.8, 4) is 5.75 Å². The van der Waals surface area contributed by atoms with E-state index in [-0.39, 0.29) is 18.4 Å².